The Morgan fingerprint density at radius 3 is 2.43 bits per heavy atom. The molecule has 0 heterocycles. The molecule has 0 radical (unpaired) electrons. The molecule has 0 aliphatic heterocycles. The number of benzene rings is 1. The van der Waals surface area contributed by atoms with Crippen LogP contribution >= 0.6 is 0 Å². The first-order valence-corrected chi connectivity index (χ1v) is 4.85. The van der Waals surface area contributed by atoms with Crippen LogP contribution < -0.4 is 5.32 Å². The summed E-state index contributed by atoms with van der Waals surface area (Å²) in [7, 11) is 0. The fourth-order valence-electron chi connectivity index (χ4n) is 1.48. The van der Waals surface area contributed by atoms with Crippen LogP contribution in [0.2, 0.25) is 0 Å². The molecule has 1 aromatic carbocycles. The summed E-state index contributed by atoms with van der Waals surface area (Å²) in [5, 5.41) is 11.9. The quantitative estimate of drug-likeness (QED) is 0.791. The monoisotopic (exact) mass is 188 g/mol. The van der Waals surface area contributed by atoms with Crippen LogP contribution in [0.15, 0.2) is 18.2 Å². The Bertz CT molecular complexity index is 330. The highest BCUT2D eigenvalue weighted by molar-refractivity contribution is 5.57. The number of rotatable bonds is 3. The first kappa shape index (κ1) is 10.6. The largest absolute Gasteiger partial charge is 0.381 e. The molecule has 14 heavy (non-hydrogen) atoms. The van der Waals surface area contributed by atoms with Crippen LogP contribution in [-0.2, 0) is 0 Å². The number of nitrogens with zero attached hydrogens (tertiary/aromatic N) is 1. The summed E-state index contributed by atoms with van der Waals surface area (Å²) in [6, 6.07) is 8.57. The van der Waals surface area contributed by atoms with Gasteiger partial charge < -0.3 is 5.32 Å². The molecule has 1 unspecified atom stereocenters. The Kier molecular flexibility index (Phi) is 3.53. The van der Waals surface area contributed by atoms with Crippen molar-refractivity contribution in [2.75, 3.05) is 5.32 Å². The van der Waals surface area contributed by atoms with Crippen molar-refractivity contribution in [3.05, 3.63) is 29.3 Å². The average Bonchev–Trinajstić information content (AvgIpc) is 2.12. The third kappa shape index (κ3) is 2.50. The summed E-state index contributed by atoms with van der Waals surface area (Å²) >= 11 is 0. The molecule has 2 heteroatoms. The predicted molar refractivity (Wildman–Crippen MR) is 59.2 cm³/mol. The van der Waals surface area contributed by atoms with Crippen LogP contribution in [0.3, 0.4) is 0 Å². The van der Waals surface area contributed by atoms with E-state index in [9.17, 15) is 0 Å². The van der Waals surface area contributed by atoms with Gasteiger partial charge in [-0.1, -0.05) is 18.2 Å². The van der Waals surface area contributed by atoms with Gasteiger partial charge in [0, 0.05) is 11.7 Å². The van der Waals surface area contributed by atoms with E-state index in [2.05, 4.69) is 37.4 Å². The first-order chi connectivity index (χ1) is 6.65. The molecule has 1 N–H and O–H groups in total. The molecule has 0 fully saturated rings. The summed E-state index contributed by atoms with van der Waals surface area (Å²) in [5.74, 6) is 0. The molecule has 0 saturated carbocycles. The molecule has 1 atom stereocenters. The molecule has 0 saturated heterocycles. The zero-order chi connectivity index (χ0) is 10.6. The Balaban J connectivity index is 2.81. The molecule has 0 aliphatic carbocycles. The van der Waals surface area contributed by atoms with Gasteiger partial charge in [0.2, 0.25) is 0 Å². The minimum absolute atomic E-state index is 0.208. The maximum absolute atomic E-state index is 8.56. The van der Waals surface area contributed by atoms with Crippen molar-refractivity contribution in [3.8, 4) is 6.07 Å². The van der Waals surface area contributed by atoms with Crippen molar-refractivity contribution in [3.63, 3.8) is 0 Å². The molecular formula is C12H16N2. The maximum atomic E-state index is 8.56. The molecule has 0 spiro atoms. The molecule has 0 aliphatic rings. The van der Waals surface area contributed by atoms with E-state index in [4.69, 9.17) is 5.26 Å². The maximum Gasteiger partial charge on any atom is 0.0643 e. The van der Waals surface area contributed by atoms with E-state index in [1.807, 2.05) is 13.0 Å². The minimum atomic E-state index is 0.208. The van der Waals surface area contributed by atoms with Crippen LogP contribution in [0.25, 0.3) is 0 Å². The zero-order valence-corrected chi connectivity index (χ0v) is 8.96. The van der Waals surface area contributed by atoms with Gasteiger partial charge in [0.15, 0.2) is 0 Å². The number of anilines is 1. The van der Waals surface area contributed by atoms with Gasteiger partial charge in [-0.3, -0.25) is 0 Å². The van der Waals surface area contributed by atoms with Crippen molar-refractivity contribution in [1.29, 1.82) is 5.26 Å². The normalized spacial score (nSPS) is 11.9. The number of aryl methyl sites for hydroxylation is 2. The predicted octanol–water partition coefficient (Wildman–Crippen LogP) is 3.02. The molecule has 0 amide bonds. The number of hydrogen-bond acceptors (Lipinski definition) is 2. The lowest BCUT2D eigenvalue weighted by Gasteiger charge is -2.16. The third-order valence-corrected chi connectivity index (χ3v) is 2.27. The van der Waals surface area contributed by atoms with Crippen molar-refractivity contribution < 1.29 is 0 Å². The highest BCUT2D eigenvalue weighted by Gasteiger charge is 2.05. The number of nitrogens with one attached hydrogen (secondary N) is 1. The average molecular weight is 188 g/mol. The highest BCUT2D eigenvalue weighted by Crippen LogP contribution is 2.20. The Labute approximate surface area is 85.6 Å². The Hall–Kier alpha value is -1.49. The van der Waals surface area contributed by atoms with Gasteiger partial charge in [-0.25, -0.2) is 0 Å². The fourth-order valence-corrected chi connectivity index (χ4v) is 1.48. The topological polar surface area (TPSA) is 35.8 Å². The van der Waals surface area contributed by atoms with Crippen LogP contribution in [0.1, 0.15) is 24.5 Å². The number of nitriles is 1. The minimum Gasteiger partial charge on any atom is -0.381 e. The summed E-state index contributed by atoms with van der Waals surface area (Å²) < 4.78 is 0. The van der Waals surface area contributed by atoms with E-state index >= 15 is 0 Å². The Morgan fingerprint density at radius 1 is 1.36 bits per heavy atom. The molecule has 0 bridgehead atoms. The van der Waals surface area contributed by atoms with E-state index in [0.29, 0.717) is 6.42 Å². The van der Waals surface area contributed by atoms with Crippen LogP contribution in [0.5, 0.6) is 0 Å². The van der Waals surface area contributed by atoms with Gasteiger partial charge in [-0.2, -0.15) is 5.26 Å². The number of para-hydroxylation sites is 1. The summed E-state index contributed by atoms with van der Waals surface area (Å²) in [5.41, 5.74) is 3.62. The molecular weight excluding hydrogens is 172 g/mol. The molecule has 0 aromatic heterocycles. The second-order valence-electron chi connectivity index (χ2n) is 3.67. The SMILES string of the molecule is Cc1cccc(C)c1NC(C)CC#N. The lowest BCUT2D eigenvalue weighted by molar-refractivity contribution is 0.818. The van der Waals surface area contributed by atoms with Crippen molar-refractivity contribution in [1.82, 2.24) is 0 Å². The second-order valence-corrected chi connectivity index (χ2v) is 3.67. The van der Waals surface area contributed by atoms with Crippen LogP contribution in [0, 0.1) is 25.2 Å². The van der Waals surface area contributed by atoms with E-state index in [1.54, 1.807) is 0 Å². The standard InChI is InChI=1S/C12H16N2/c1-9-5-4-6-10(2)12(9)14-11(3)7-8-13/h4-6,11,14H,7H2,1-3H3. The van der Waals surface area contributed by atoms with Gasteiger partial charge in [0.25, 0.3) is 0 Å². The second kappa shape index (κ2) is 4.66. The van der Waals surface area contributed by atoms with Gasteiger partial charge in [-0.05, 0) is 31.9 Å². The van der Waals surface area contributed by atoms with Crippen LogP contribution in [-0.4, -0.2) is 6.04 Å². The van der Waals surface area contributed by atoms with Gasteiger partial charge in [0.05, 0.1) is 12.5 Å². The molecule has 2 nitrogen and oxygen atoms in total. The van der Waals surface area contributed by atoms with E-state index in [-0.39, 0.29) is 6.04 Å². The Morgan fingerprint density at radius 2 is 1.93 bits per heavy atom. The highest BCUT2D eigenvalue weighted by atomic mass is 14.9. The zero-order valence-electron chi connectivity index (χ0n) is 8.96. The van der Waals surface area contributed by atoms with Crippen LogP contribution in [0.4, 0.5) is 5.69 Å². The third-order valence-electron chi connectivity index (χ3n) is 2.27. The lowest BCUT2D eigenvalue weighted by Crippen LogP contribution is -2.15. The summed E-state index contributed by atoms with van der Waals surface area (Å²) in [6.07, 6.45) is 0.535. The first-order valence-electron chi connectivity index (χ1n) is 4.85. The smallest absolute Gasteiger partial charge is 0.0643 e. The van der Waals surface area contributed by atoms with Gasteiger partial charge in [0.1, 0.15) is 0 Å². The van der Waals surface area contributed by atoms with Crippen molar-refractivity contribution in [2.24, 2.45) is 0 Å². The molecule has 1 aromatic rings. The van der Waals surface area contributed by atoms with Crippen molar-refractivity contribution in [2.45, 2.75) is 33.2 Å². The summed E-state index contributed by atoms with van der Waals surface area (Å²) in [4.78, 5) is 0. The van der Waals surface area contributed by atoms with E-state index < -0.39 is 0 Å². The fraction of sp³-hybridized carbons (Fsp3) is 0.417. The molecule has 1 rings (SSSR count). The lowest BCUT2D eigenvalue weighted by atomic mass is 10.1. The van der Waals surface area contributed by atoms with Crippen molar-refractivity contribution >= 4 is 5.69 Å². The van der Waals surface area contributed by atoms with Gasteiger partial charge >= 0.3 is 0 Å². The van der Waals surface area contributed by atoms with Gasteiger partial charge in [-0.15, -0.1) is 0 Å². The van der Waals surface area contributed by atoms with E-state index in [1.165, 1.54) is 11.1 Å². The van der Waals surface area contributed by atoms with E-state index in [0.717, 1.165) is 5.69 Å². The number of hydrogen-bond donors (Lipinski definition) is 1. The summed E-state index contributed by atoms with van der Waals surface area (Å²) in [6.45, 7) is 6.18. The molecule has 74 valence electrons.